The third kappa shape index (κ3) is 4.92. The quantitative estimate of drug-likeness (QED) is 0.536. The minimum atomic E-state index is -4.42. The van der Waals surface area contributed by atoms with Crippen LogP contribution in [0.3, 0.4) is 0 Å². The van der Waals surface area contributed by atoms with E-state index in [1.807, 2.05) is 6.07 Å². The summed E-state index contributed by atoms with van der Waals surface area (Å²) in [6.45, 7) is 4.14. The number of aldehydes is 1. The predicted molar refractivity (Wildman–Crippen MR) is 101 cm³/mol. The van der Waals surface area contributed by atoms with E-state index in [0.29, 0.717) is 24.2 Å². The lowest BCUT2D eigenvalue weighted by atomic mass is 9.94. The number of rotatable bonds is 6. The van der Waals surface area contributed by atoms with E-state index in [1.165, 1.54) is 12.1 Å². The van der Waals surface area contributed by atoms with E-state index in [4.69, 9.17) is 4.74 Å². The highest BCUT2D eigenvalue weighted by Crippen LogP contribution is 2.32. The number of carbonyl (C=O) groups is 2. The molecule has 1 saturated heterocycles. The lowest BCUT2D eigenvalue weighted by Gasteiger charge is -2.20. The molecule has 0 N–H and O–H groups in total. The van der Waals surface area contributed by atoms with Crippen molar-refractivity contribution in [3.8, 4) is 0 Å². The lowest BCUT2D eigenvalue weighted by Crippen LogP contribution is -2.28. The zero-order chi connectivity index (χ0) is 21.0. The first-order valence-corrected chi connectivity index (χ1v) is 9.06. The van der Waals surface area contributed by atoms with Gasteiger partial charge in [0.25, 0.3) is 0 Å². The summed E-state index contributed by atoms with van der Waals surface area (Å²) in [5.41, 5.74) is 1.01. The van der Waals surface area contributed by atoms with Crippen LogP contribution >= 0.6 is 0 Å². The Morgan fingerprint density at radius 3 is 2.62 bits per heavy atom. The van der Waals surface area contributed by atoms with Crippen LogP contribution in [0.2, 0.25) is 0 Å². The molecule has 4 nitrogen and oxygen atoms in total. The molecule has 152 valence electrons. The van der Waals surface area contributed by atoms with Gasteiger partial charge in [0.1, 0.15) is 6.29 Å². The number of nitrogens with zero attached hydrogens (tertiary/aromatic N) is 1. The highest BCUT2D eigenvalue weighted by Gasteiger charge is 2.36. The van der Waals surface area contributed by atoms with Crippen molar-refractivity contribution in [1.82, 2.24) is 4.90 Å². The van der Waals surface area contributed by atoms with Crippen LogP contribution < -0.4 is 0 Å². The van der Waals surface area contributed by atoms with Crippen molar-refractivity contribution in [3.05, 3.63) is 83.4 Å². The summed E-state index contributed by atoms with van der Waals surface area (Å²) in [5.74, 6) is -0.448. The van der Waals surface area contributed by atoms with Crippen molar-refractivity contribution >= 4 is 12.2 Å². The summed E-state index contributed by atoms with van der Waals surface area (Å²) >= 11 is 0. The molecule has 1 amide bonds. The number of likely N-dealkylation sites (tertiary alicyclic amines) is 1. The van der Waals surface area contributed by atoms with Crippen molar-refractivity contribution in [1.29, 1.82) is 0 Å². The van der Waals surface area contributed by atoms with E-state index in [-0.39, 0.29) is 18.4 Å². The Morgan fingerprint density at radius 1 is 1.17 bits per heavy atom. The van der Waals surface area contributed by atoms with Gasteiger partial charge in [-0.1, -0.05) is 36.9 Å². The van der Waals surface area contributed by atoms with Gasteiger partial charge in [-0.15, -0.1) is 0 Å². The molecule has 0 radical (unpaired) electrons. The van der Waals surface area contributed by atoms with Gasteiger partial charge in [-0.25, -0.2) is 0 Å². The number of ether oxygens (including phenoxy) is 1. The molecular weight excluding hydrogens is 383 g/mol. The molecule has 0 aliphatic carbocycles. The molecule has 2 aromatic rings. The van der Waals surface area contributed by atoms with Crippen LogP contribution in [0.25, 0.3) is 0 Å². The average molecular weight is 403 g/mol. The molecule has 1 heterocycles. The van der Waals surface area contributed by atoms with Crippen LogP contribution in [0.4, 0.5) is 13.2 Å². The molecule has 1 unspecified atom stereocenters. The molecule has 29 heavy (non-hydrogen) atoms. The summed E-state index contributed by atoms with van der Waals surface area (Å²) in [6.07, 6.45) is -2.89. The minimum absolute atomic E-state index is 0.0193. The van der Waals surface area contributed by atoms with E-state index in [1.54, 1.807) is 29.2 Å². The van der Waals surface area contributed by atoms with Crippen molar-refractivity contribution < 1.29 is 27.5 Å². The van der Waals surface area contributed by atoms with Gasteiger partial charge >= 0.3 is 6.18 Å². The molecule has 1 aliphatic heterocycles. The Balaban J connectivity index is 1.80. The van der Waals surface area contributed by atoms with Crippen molar-refractivity contribution in [2.24, 2.45) is 0 Å². The fraction of sp³-hybridized carbons (Fsp3) is 0.273. The molecule has 1 fully saturated rings. The maximum Gasteiger partial charge on any atom is 0.416 e. The standard InChI is InChI=1S/C22H20F3NO3/c1-2-21(28)26-11-19(17-7-3-5-15(9-17)13-27)20(12-26)29-14-16-6-4-8-18(10-16)22(23,24)25/h2-10,13,19-20H,1,11-12,14H2/t19-,20?/m0/s1. The summed E-state index contributed by atoms with van der Waals surface area (Å²) in [4.78, 5) is 24.7. The summed E-state index contributed by atoms with van der Waals surface area (Å²) in [6, 6.07) is 12.0. The largest absolute Gasteiger partial charge is 0.416 e. The third-order valence-electron chi connectivity index (χ3n) is 4.95. The fourth-order valence-electron chi connectivity index (χ4n) is 3.48. The Bertz CT molecular complexity index is 910. The molecule has 1 aliphatic rings. The van der Waals surface area contributed by atoms with Gasteiger partial charge < -0.3 is 9.64 Å². The first-order valence-electron chi connectivity index (χ1n) is 9.06. The number of hydrogen-bond acceptors (Lipinski definition) is 3. The fourth-order valence-corrected chi connectivity index (χ4v) is 3.48. The smallest absolute Gasteiger partial charge is 0.371 e. The van der Waals surface area contributed by atoms with Gasteiger partial charge in [0.15, 0.2) is 0 Å². The normalized spacial score (nSPS) is 19.2. The lowest BCUT2D eigenvalue weighted by molar-refractivity contribution is -0.137. The maximum absolute atomic E-state index is 12.9. The van der Waals surface area contributed by atoms with E-state index in [9.17, 15) is 22.8 Å². The zero-order valence-electron chi connectivity index (χ0n) is 15.6. The molecule has 2 aromatic carbocycles. The summed E-state index contributed by atoms with van der Waals surface area (Å²) in [7, 11) is 0. The molecule has 0 bridgehead atoms. The third-order valence-corrected chi connectivity index (χ3v) is 4.95. The second kappa shape index (κ2) is 8.61. The van der Waals surface area contributed by atoms with E-state index in [0.717, 1.165) is 24.0 Å². The van der Waals surface area contributed by atoms with Crippen molar-refractivity contribution in [2.75, 3.05) is 13.1 Å². The van der Waals surface area contributed by atoms with Gasteiger partial charge in [-0.2, -0.15) is 13.2 Å². The van der Waals surface area contributed by atoms with Gasteiger partial charge in [0.05, 0.1) is 18.3 Å². The molecule has 2 atom stereocenters. The number of halogens is 3. The highest BCUT2D eigenvalue weighted by molar-refractivity contribution is 5.87. The Labute approximate surface area is 166 Å². The second-order valence-corrected chi connectivity index (χ2v) is 6.89. The Morgan fingerprint density at radius 2 is 1.93 bits per heavy atom. The van der Waals surface area contributed by atoms with Gasteiger partial charge in [0.2, 0.25) is 5.91 Å². The number of carbonyl (C=O) groups excluding carboxylic acids is 2. The Hall–Kier alpha value is -2.93. The van der Waals surface area contributed by atoms with Gasteiger partial charge in [0, 0.05) is 24.6 Å². The maximum atomic E-state index is 12.9. The molecule has 3 rings (SSSR count). The summed E-state index contributed by atoms with van der Waals surface area (Å²) < 4.78 is 44.7. The van der Waals surface area contributed by atoms with Crippen LogP contribution in [0.5, 0.6) is 0 Å². The number of amides is 1. The number of alkyl halides is 3. The topological polar surface area (TPSA) is 46.6 Å². The first kappa shape index (κ1) is 20.8. The van der Waals surface area contributed by atoms with Crippen LogP contribution in [0.1, 0.15) is 33.0 Å². The predicted octanol–water partition coefficient (Wildman–Crippen LogP) is 4.22. The van der Waals surface area contributed by atoms with Crippen molar-refractivity contribution in [3.63, 3.8) is 0 Å². The minimum Gasteiger partial charge on any atom is -0.371 e. The number of benzene rings is 2. The van der Waals surface area contributed by atoms with Crippen LogP contribution in [-0.4, -0.2) is 36.3 Å². The van der Waals surface area contributed by atoms with E-state index in [2.05, 4.69) is 6.58 Å². The van der Waals surface area contributed by atoms with Crippen LogP contribution in [0, 0.1) is 0 Å². The Kier molecular flexibility index (Phi) is 6.17. The van der Waals surface area contributed by atoms with E-state index >= 15 is 0 Å². The van der Waals surface area contributed by atoms with Crippen molar-refractivity contribution in [2.45, 2.75) is 24.8 Å². The molecule has 0 saturated carbocycles. The highest BCUT2D eigenvalue weighted by atomic mass is 19.4. The van der Waals surface area contributed by atoms with Gasteiger partial charge in [-0.3, -0.25) is 9.59 Å². The number of hydrogen-bond donors (Lipinski definition) is 0. The summed E-state index contributed by atoms with van der Waals surface area (Å²) in [5, 5.41) is 0. The van der Waals surface area contributed by atoms with Crippen LogP contribution in [0.15, 0.2) is 61.2 Å². The molecule has 7 heteroatoms. The second-order valence-electron chi connectivity index (χ2n) is 6.89. The molecule has 0 aromatic heterocycles. The van der Waals surface area contributed by atoms with E-state index < -0.39 is 17.8 Å². The monoisotopic (exact) mass is 403 g/mol. The zero-order valence-corrected chi connectivity index (χ0v) is 15.6. The molecular formula is C22H20F3NO3. The van der Waals surface area contributed by atoms with Gasteiger partial charge in [-0.05, 0) is 35.4 Å². The first-order chi connectivity index (χ1) is 13.8. The van der Waals surface area contributed by atoms with Crippen LogP contribution in [-0.2, 0) is 22.3 Å². The average Bonchev–Trinajstić information content (AvgIpc) is 3.15. The molecule has 0 spiro atoms. The SMILES string of the molecule is C=CC(=O)N1CC(OCc2cccc(C(F)(F)F)c2)[C@H](c2cccc(C=O)c2)C1.